The van der Waals surface area contributed by atoms with Crippen molar-refractivity contribution < 1.29 is 4.74 Å². The number of nitrogens with one attached hydrogen (secondary N) is 2. The maximum Gasteiger partial charge on any atom is 0.171 e. The fourth-order valence-electron chi connectivity index (χ4n) is 2.70. The quantitative estimate of drug-likeness (QED) is 0.801. The molecule has 18 heavy (non-hydrogen) atoms. The first-order valence-corrected chi connectivity index (χ1v) is 6.62. The highest BCUT2D eigenvalue weighted by Crippen LogP contribution is 2.36. The van der Waals surface area contributed by atoms with Crippen molar-refractivity contribution in [3.8, 4) is 5.75 Å². The highest BCUT2D eigenvalue weighted by Gasteiger charge is 2.29. The van der Waals surface area contributed by atoms with Gasteiger partial charge in [0.25, 0.3) is 0 Å². The fraction of sp³-hybridized carbons (Fsp3) is 0.357. The third kappa shape index (κ3) is 1.97. The fourth-order valence-corrected chi connectivity index (χ4v) is 2.94. The molecule has 94 valence electrons. The highest BCUT2D eigenvalue weighted by molar-refractivity contribution is 7.80. The molecular weight excluding hydrogens is 244 g/mol. The summed E-state index contributed by atoms with van der Waals surface area (Å²) in [5.41, 5.74) is 4.02. The zero-order valence-corrected chi connectivity index (χ0v) is 11.1. The summed E-state index contributed by atoms with van der Waals surface area (Å²) in [7, 11) is 1.69. The average molecular weight is 260 g/mol. The van der Waals surface area contributed by atoms with Crippen LogP contribution in [-0.2, 0) is 0 Å². The van der Waals surface area contributed by atoms with E-state index in [1.165, 1.54) is 23.3 Å². The monoisotopic (exact) mass is 260 g/mol. The van der Waals surface area contributed by atoms with Gasteiger partial charge in [-0.1, -0.05) is 12.1 Å². The molecule has 2 N–H and O–H groups in total. The van der Waals surface area contributed by atoms with E-state index < -0.39 is 0 Å². The van der Waals surface area contributed by atoms with Crippen LogP contribution in [0.3, 0.4) is 0 Å². The van der Waals surface area contributed by atoms with Crippen molar-refractivity contribution in [2.24, 2.45) is 0 Å². The summed E-state index contributed by atoms with van der Waals surface area (Å²) in [6.45, 7) is 0. The van der Waals surface area contributed by atoms with Gasteiger partial charge in [-0.3, -0.25) is 0 Å². The molecule has 0 saturated carbocycles. The topological polar surface area (TPSA) is 33.3 Å². The first-order chi connectivity index (χ1) is 8.78. The second-order valence-electron chi connectivity index (χ2n) is 4.66. The third-order valence-corrected chi connectivity index (χ3v) is 3.82. The van der Waals surface area contributed by atoms with Crippen molar-refractivity contribution in [1.82, 2.24) is 10.6 Å². The first-order valence-electron chi connectivity index (χ1n) is 6.21. The summed E-state index contributed by atoms with van der Waals surface area (Å²) >= 11 is 5.27. The van der Waals surface area contributed by atoms with Crippen molar-refractivity contribution in [3.05, 3.63) is 41.1 Å². The Kier molecular flexibility index (Phi) is 2.96. The summed E-state index contributed by atoms with van der Waals surface area (Å²) in [5, 5.41) is 7.37. The number of rotatable bonds is 2. The lowest BCUT2D eigenvalue weighted by molar-refractivity contribution is 0.414. The Morgan fingerprint density at radius 2 is 2.00 bits per heavy atom. The van der Waals surface area contributed by atoms with Gasteiger partial charge < -0.3 is 15.4 Å². The normalized spacial score (nSPS) is 22.3. The van der Waals surface area contributed by atoms with E-state index in [9.17, 15) is 0 Å². The van der Waals surface area contributed by atoms with Gasteiger partial charge in [-0.05, 0) is 54.7 Å². The van der Waals surface area contributed by atoms with Crippen molar-refractivity contribution >= 4 is 17.3 Å². The molecule has 0 fully saturated rings. The van der Waals surface area contributed by atoms with Crippen LogP contribution in [0.2, 0.25) is 0 Å². The summed E-state index contributed by atoms with van der Waals surface area (Å²) in [4.78, 5) is 0. The molecule has 0 spiro atoms. The van der Waals surface area contributed by atoms with E-state index in [0.29, 0.717) is 0 Å². The minimum Gasteiger partial charge on any atom is -0.497 e. The maximum absolute atomic E-state index is 5.27. The molecule has 1 aliphatic heterocycles. The third-order valence-electron chi connectivity index (χ3n) is 3.60. The number of hydrogen-bond acceptors (Lipinski definition) is 2. The van der Waals surface area contributed by atoms with E-state index in [1.807, 2.05) is 12.1 Å². The number of methoxy groups -OCH3 is 1. The Bertz CT molecular complexity index is 507. The van der Waals surface area contributed by atoms with E-state index in [-0.39, 0.29) is 6.04 Å². The predicted octanol–water partition coefficient (Wildman–Crippen LogP) is 2.65. The van der Waals surface area contributed by atoms with E-state index in [0.717, 1.165) is 23.7 Å². The second kappa shape index (κ2) is 4.61. The lowest BCUT2D eigenvalue weighted by Gasteiger charge is -2.29. The highest BCUT2D eigenvalue weighted by atomic mass is 32.1. The van der Waals surface area contributed by atoms with E-state index in [2.05, 4.69) is 22.8 Å². The maximum atomic E-state index is 5.27. The smallest absolute Gasteiger partial charge is 0.171 e. The van der Waals surface area contributed by atoms with Crippen LogP contribution in [0.1, 0.15) is 30.9 Å². The van der Waals surface area contributed by atoms with Crippen LogP contribution in [0, 0.1) is 0 Å². The van der Waals surface area contributed by atoms with Gasteiger partial charge in [0.1, 0.15) is 5.75 Å². The molecule has 0 bridgehead atoms. The zero-order chi connectivity index (χ0) is 12.5. The molecule has 1 atom stereocenters. The Hall–Kier alpha value is -1.55. The van der Waals surface area contributed by atoms with Crippen LogP contribution in [0.4, 0.5) is 0 Å². The molecule has 0 saturated heterocycles. The van der Waals surface area contributed by atoms with E-state index in [4.69, 9.17) is 17.0 Å². The molecule has 4 heteroatoms. The molecule has 0 unspecified atom stereocenters. The van der Waals surface area contributed by atoms with Gasteiger partial charge in [0.15, 0.2) is 5.11 Å². The Balaban J connectivity index is 1.94. The summed E-state index contributed by atoms with van der Waals surface area (Å²) in [6, 6.07) is 8.43. The van der Waals surface area contributed by atoms with Crippen molar-refractivity contribution in [1.29, 1.82) is 0 Å². The molecule has 2 aliphatic rings. The molecule has 0 amide bonds. The van der Waals surface area contributed by atoms with Crippen molar-refractivity contribution in [2.45, 2.75) is 25.3 Å². The number of allylic oxidation sites excluding steroid dienone is 1. The zero-order valence-electron chi connectivity index (χ0n) is 10.3. The molecule has 1 aromatic rings. The van der Waals surface area contributed by atoms with Crippen molar-refractivity contribution in [2.75, 3.05) is 7.11 Å². The number of hydrogen-bond donors (Lipinski definition) is 2. The lowest BCUT2D eigenvalue weighted by Crippen LogP contribution is -2.42. The van der Waals surface area contributed by atoms with Crippen LogP contribution in [0.5, 0.6) is 5.75 Å². The second-order valence-corrected chi connectivity index (χ2v) is 5.07. The lowest BCUT2D eigenvalue weighted by atomic mass is 9.96. The van der Waals surface area contributed by atoms with E-state index >= 15 is 0 Å². The molecule has 0 aromatic heterocycles. The van der Waals surface area contributed by atoms with Gasteiger partial charge in [0.05, 0.1) is 13.2 Å². The van der Waals surface area contributed by atoms with Gasteiger partial charge in [-0.2, -0.15) is 0 Å². The Morgan fingerprint density at radius 1 is 1.22 bits per heavy atom. The van der Waals surface area contributed by atoms with Crippen LogP contribution in [0.25, 0.3) is 0 Å². The number of benzene rings is 1. The predicted molar refractivity (Wildman–Crippen MR) is 75.5 cm³/mol. The summed E-state index contributed by atoms with van der Waals surface area (Å²) < 4.78 is 5.19. The molecule has 1 aromatic carbocycles. The standard InChI is InChI=1S/C14H16N2OS/c1-17-10-7-5-9(6-8-10)13-11-3-2-4-12(11)15-14(18)16-13/h5-8,13H,2-4H2,1H3,(H2,15,16,18)/t13-/m1/s1. The minimum absolute atomic E-state index is 0.224. The Labute approximate surface area is 112 Å². The molecule has 1 heterocycles. The Morgan fingerprint density at radius 3 is 2.72 bits per heavy atom. The van der Waals surface area contributed by atoms with Gasteiger partial charge in [0.2, 0.25) is 0 Å². The number of ether oxygens (including phenoxy) is 1. The van der Waals surface area contributed by atoms with Gasteiger partial charge in [-0.25, -0.2) is 0 Å². The van der Waals surface area contributed by atoms with Crippen molar-refractivity contribution in [3.63, 3.8) is 0 Å². The van der Waals surface area contributed by atoms with Crippen LogP contribution in [-0.4, -0.2) is 12.2 Å². The largest absolute Gasteiger partial charge is 0.497 e. The molecule has 0 radical (unpaired) electrons. The average Bonchev–Trinajstić information content (AvgIpc) is 2.86. The molecular formula is C14H16N2OS. The van der Waals surface area contributed by atoms with Crippen LogP contribution in [0.15, 0.2) is 35.5 Å². The SMILES string of the molecule is COc1ccc([C@H]2NC(=S)NC3=C2CCC3)cc1. The van der Waals surface area contributed by atoms with Gasteiger partial charge in [-0.15, -0.1) is 0 Å². The van der Waals surface area contributed by atoms with Gasteiger partial charge >= 0.3 is 0 Å². The number of thiocarbonyl (C=S) groups is 1. The van der Waals surface area contributed by atoms with Crippen LogP contribution < -0.4 is 15.4 Å². The molecule has 3 rings (SSSR count). The summed E-state index contributed by atoms with van der Waals surface area (Å²) in [5.74, 6) is 0.885. The molecule has 1 aliphatic carbocycles. The summed E-state index contributed by atoms with van der Waals surface area (Å²) in [6.07, 6.45) is 3.48. The van der Waals surface area contributed by atoms with Crippen LogP contribution >= 0.6 is 12.2 Å². The molecule has 3 nitrogen and oxygen atoms in total. The first kappa shape index (κ1) is 11.5. The minimum atomic E-state index is 0.224. The van der Waals surface area contributed by atoms with E-state index in [1.54, 1.807) is 7.11 Å². The van der Waals surface area contributed by atoms with Gasteiger partial charge in [0, 0.05) is 5.70 Å².